The van der Waals surface area contributed by atoms with E-state index in [0.29, 0.717) is 25.1 Å². The molecule has 1 N–H and O–H groups in total. The molecule has 0 aromatic heterocycles. The largest absolute Gasteiger partial charge is 0.481 e. The Hall–Kier alpha value is -1.56. The fourth-order valence-corrected chi connectivity index (χ4v) is 2.81. The van der Waals surface area contributed by atoms with Crippen molar-refractivity contribution in [2.45, 2.75) is 25.9 Å². The van der Waals surface area contributed by atoms with Crippen molar-refractivity contribution in [2.75, 3.05) is 13.1 Å². The molecule has 114 valence electrons. The molecule has 0 aliphatic carbocycles. The predicted molar refractivity (Wildman–Crippen MR) is 81.2 cm³/mol. The van der Waals surface area contributed by atoms with Crippen molar-refractivity contribution in [1.29, 1.82) is 0 Å². The average Bonchev–Trinajstić information content (AvgIpc) is 2.46. The molecular weight excluding hydrogens is 338 g/mol. The van der Waals surface area contributed by atoms with E-state index in [9.17, 15) is 9.59 Å². The number of nitrogens with zero attached hydrogens (tertiary/aromatic N) is 1. The first-order chi connectivity index (χ1) is 9.97. The van der Waals surface area contributed by atoms with Crippen LogP contribution in [-0.2, 0) is 9.59 Å². The molecule has 1 aromatic rings. The zero-order valence-corrected chi connectivity index (χ0v) is 13.4. The number of hydrogen-bond acceptors (Lipinski definition) is 3. The van der Waals surface area contributed by atoms with Gasteiger partial charge in [0, 0.05) is 17.6 Å². The summed E-state index contributed by atoms with van der Waals surface area (Å²) in [4.78, 5) is 25.0. The summed E-state index contributed by atoms with van der Waals surface area (Å²) < 4.78 is 6.52. The molecule has 1 saturated heterocycles. The quantitative estimate of drug-likeness (QED) is 0.900. The minimum Gasteiger partial charge on any atom is -0.481 e. The third-order valence-corrected chi connectivity index (χ3v) is 4.03. The van der Waals surface area contributed by atoms with E-state index in [1.54, 1.807) is 24.0 Å². The molecule has 0 spiro atoms. The number of carboxylic acid groups (broad SMARTS) is 1. The molecule has 2 atom stereocenters. The molecule has 1 aromatic carbocycles. The van der Waals surface area contributed by atoms with Gasteiger partial charge < -0.3 is 14.7 Å². The number of benzene rings is 1. The zero-order valence-electron chi connectivity index (χ0n) is 11.8. The molecule has 21 heavy (non-hydrogen) atoms. The Morgan fingerprint density at radius 1 is 1.48 bits per heavy atom. The standard InChI is InChI=1S/C15H18BrNO4/c1-10(21-13-6-2-5-12(16)8-13)14(18)17-7-3-4-11(9-17)15(19)20/h2,5-6,8,10-11H,3-4,7,9H2,1H3,(H,19,20)/t10?,11-/m0/s1. The fourth-order valence-electron chi connectivity index (χ4n) is 2.43. The lowest BCUT2D eigenvalue weighted by molar-refractivity contribution is -0.147. The van der Waals surface area contributed by atoms with Crippen molar-refractivity contribution in [3.8, 4) is 5.75 Å². The van der Waals surface area contributed by atoms with Crippen molar-refractivity contribution >= 4 is 27.8 Å². The first kappa shape index (κ1) is 15.8. The number of halogens is 1. The maximum atomic E-state index is 12.4. The summed E-state index contributed by atoms with van der Waals surface area (Å²) in [6, 6.07) is 7.28. The topological polar surface area (TPSA) is 66.8 Å². The van der Waals surface area contributed by atoms with E-state index in [-0.39, 0.29) is 12.5 Å². The van der Waals surface area contributed by atoms with Gasteiger partial charge in [-0.2, -0.15) is 0 Å². The lowest BCUT2D eigenvalue weighted by atomic mass is 9.98. The molecule has 6 heteroatoms. The van der Waals surface area contributed by atoms with Crippen LogP contribution in [-0.4, -0.2) is 41.1 Å². The van der Waals surface area contributed by atoms with Gasteiger partial charge in [0.25, 0.3) is 5.91 Å². The van der Waals surface area contributed by atoms with Crippen LogP contribution in [0.3, 0.4) is 0 Å². The highest BCUT2D eigenvalue weighted by atomic mass is 79.9. The molecule has 0 saturated carbocycles. The summed E-state index contributed by atoms with van der Waals surface area (Å²) in [5, 5.41) is 9.07. The van der Waals surface area contributed by atoms with Crippen molar-refractivity contribution in [3.63, 3.8) is 0 Å². The van der Waals surface area contributed by atoms with Gasteiger partial charge in [-0.15, -0.1) is 0 Å². The number of piperidine rings is 1. The molecule has 1 fully saturated rings. The summed E-state index contributed by atoms with van der Waals surface area (Å²) in [5.74, 6) is -0.869. The third-order valence-electron chi connectivity index (χ3n) is 3.54. The van der Waals surface area contributed by atoms with E-state index in [2.05, 4.69) is 15.9 Å². The number of carbonyl (C=O) groups excluding carboxylic acids is 1. The number of aliphatic carboxylic acids is 1. The molecule has 1 aliphatic heterocycles. The summed E-state index contributed by atoms with van der Waals surface area (Å²) in [6.07, 6.45) is 0.707. The van der Waals surface area contributed by atoms with Crippen LogP contribution in [0.15, 0.2) is 28.7 Å². The minimum atomic E-state index is -0.840. The van der Waals surface area contributed by atoms with E-state index in [1.807, 2.05) is 12.1 Å². The molecule has 1 unspecified atom stereocenters. The van der Waals surface area contributed by atoms with Gasteiger partial charge in [0.2, 0.25) is 0 Å². The first-order valence-corrected chi connectivity index (χ1v) is 7.70. The second-order valence-electron chi connectivity index (χ2n) is 5.18. The van der Waals surface area contributed by atoms with Crippen LogP contribution in [0.4, 0.5) is 0 Å². The SMILES string of the molecule is CC(Oc1cccc(Br)c1)C(=O)N1CCC[C@H](C(=O)O)C1. The number of carboxylic acids is 1. The van der Waals surface area contributed by atoms with Gasteiger partial charge >= 0.3 is 5.97 Å². The maximum absolute atomic E-state index is 12.4. The van der Waals surface area contributed by atoms with Crippen LogP contribution in [0.1, 0.15) is 19.8 Å². The van der Waals surface area contributed by atoms with Crippen molar-refractivity contribution in [1.82, 2.24) is 4.90 Å². The Labute approximate surface area is 132 Å². The van der Waals surface area contributed by atoms with Gasteiger partial charge in [0.05, 0.1) is 5.92 Å². The molecule has 5 nitrogen and oxygen atoms in total. The van der Waals surface area contributed by atoms with Crippen LogP contribution >= 0.6 is 15.9 Å². The Balaban J connectivity index is 1.97. The van der Waals surface area contributed by atoms with Gasteiger partial charge in [-0.1, -0.05) is 22.0 Å². The van der Waals surface area contributed by atoms with Crippen LogP contribution in [0, 0.1) is 5.92 Å². The van der Waals surface area contributed by atoms with Gasteiger partial charge in [-0.3, -0.25) is 9.59 Å². The van der Waals surface area contributed by atoms with E-state index >= 15 is 0 Å². The lowest BCUT2D eigenvalue weighted by Crippen LogP contribution is -2.47. The Morgan fingerprint density at radius 3 is 2.90 bits per heavy atom. The smallest absolute Gasteiger partial charge is 0.308 e. The van der Waals surface area contributed by atoms with Crippen LogP contribution in [0.25, 0.3) is 0 Å². The summed E-state index contributed by atoms with van der Waals surface area (Å²) in [5.41, 5.74) is 0. The number of rotatable bonds is 4. The van der Waals surface area contributed by atoms with Gasteiger partial charge in [0.1, 0.15) is 5.75 Å². The van der Waals surface area contributed by atoms with E-state index < -0.39 is 18.0 Å². The van der Waals surface area contributed by atoms with Crippen molar-refractivity contribution in [2.24, 2.45) is 5.92 Å². The summed E-state index contributed by atoms with van der Waals surface area (Å²) in [6.45, 7) is 2.54. The highest BCUT2D eigenvalue weighted by Gasteiger charge is 2.30. The Kier molecular flexibility index (Phi) is 5.22. The minimum absolute atomic E-state index is 0.166. The molecule has 2 rings (SSSR count). The molecule has 1 heterocycles. The third kappa shape index (κ3) is 4.20. The second kappa shape index (κ2) is 6.93. The van der Waals surface area contributed by atoms with E-state index in [4.69, 9.17) is 9.84 Å². The van der Waals surface area contributed by atoms with E-state index in [0.717, 1.165) is 4.47 Å². The van der Waals surface area contributed by atoms with Crippen molar-refractivity contribution < 1.29 is 19.4 Å². The van der Waals surface area contributed by atoms with Gasteiger partial charge in [-0.25, -0.2) is 0 Å². The molecule has 0 radical (unpaired) electrons. The number of ether oxygens (including phenoxy) is 1. The fraction of sp³-hybridized carbons (Fsp3) is 0.467. The molecule has 1 amide bonds. The van der Waals surface area contributed by atoms with E-state index in [1.165, 1.54) is 0 Å². The first-order valence-electron chi connectivity index (χ1n) is 6.91. The van der Waals surface area contributed by atoms with Gasteiger partial charge in [0.15, 0.2) is 6.10 Å². The number of amides is 1. The number of hydrogen-bond donors (Lipinski definition) is 1. The summed E-state index contributed by atoms with van der Waals surface area (Å²) in [7, 11) is 0. The van der Waals surface area contributed by atoms with Crippen LogP contribution in [0.2, 0.25) is 0 Å². The second-order valence-corrected chi connectivity index (χ2v) is 6.09. The van der Waals surface area contributed by atoms with Crippen LogP contribution in [0.5, 0.6) is 5.75 Å². The Bertz CT molecular complexity index is 534. The monoisotopic (exact) mass is 355 g/mol. The number of carbonyl (C=O) groups is 2. The molecular formula is C15H18BrNO4. The summed E-state index contributed by atoms with van der Waals surface area (Å²) >= 11 is 3.35. The van der Waals surface area contributed by atoms with Gasteiger partial charge in [-0.05, 0) is 38.0 Å². The highest BCUT2D eigenvalue weighted by molar-refractivity contribution is 9.10. The maximum Gasteiger partial charge on any atom is 0.308 e. The Morgan fingerprint density at radius 2 is 2.24 bits per heavy atom. The molecule has 0 bridgehead atoms. The predicted octanol–water partition coefficient (Wildman–Crippen LogP) is 2.54. The lowest BCUT2D eigenvalue weighted by Gasteiger charge is -2.32. The highest BCUT2D eigenvalue weighted by Crippen LogP contribution is 2.21. The average molecular weight is 356 g/mol. The molecule has 1 aliphatic rings. The normalized spacial score (nSPS) is 19.9. The number of likely N-dealkylation sites (tertiary alicyclic amines) is 1. The van der Waals surface area contributed by atoms with Crippen LogP contribution < -0.4 is 4.74 Å². The van der Waals surface area contributed by atoms with Crippen molar-refractivity contribution in [3.05, 3.63) is 28.7 Å². The zero-order chi connectivity index (χ0) is 15.4.